The molecule has 0 spiro atoms. The van der Waals surface area contributed by atoms with Crippen LogP contribution in [-0.4, -0.2) is 16.0 Å². The molecule has 3 atom stereocenters. The number of nitrogens with one attached hydrogen (secondary N) is 1. The number of hydrogen-bond donors (Lipinski definition) is 1. The number of aromatic nitrogens is 2. The molecule has 0 saturated heterocycles. The summed E-state index contributed by atoms with van der Waals surface area (Å²) < 4.78 is 0. The first kappa shape index (κ1) is 12.5. The van der Waals surface area contributed by atoms with E-state index in [0.717, 1.165) is 11.6 Å². The average molecular weight is 233 g/mol. The Morgan fingerprint density at radius 3 is 3.00 bits per heavy atom. The van der Waals surface area contributed by atoms with Crippen LogP contribution in [0.1, 0.15) is 57.7 Å². The molecule has 17 heavy (non-hydrogen) atoms. The molecule has 0 bridgehead atoms. The first-order chi connectivity index (χ1) is 8.29. The third kappa shape index (κ3) is 3.50. The summed E-state index contributed by atoms with van der Waals surface area (Å²) in [4.78, 5) is 8.49. The number of rotatable bonds is 4. The lowest BCUT2D eigenvalue weighted by Gasteiger charge is -2.31. The molecule has 1 aromatic heterocycles. The molecule has 1 fully saturated rings. The van der Waals surface area contributed by atoms with Crippen LogP contribution in [0.5, 0.6) is 0 Å². The molecular formula is C14H23N3. The van der Waals surface area contributed by atoms with Crippen molar-refractivity contribution in [3.05, 3.63) is 24.3 Å². The van der Waals surface area contributed by atoms with E-state index in [2.05, 4.69) is 29.1 Å². The summed E-state index contributed by atoms with van der Waals surface area (Å²) in [6.07, 6.45) is 12.1. The molecule has 1 aliphatic carbocycles. The van der Waals surface area contributed by atoms with Crippen LogP contribution in [-0.2, 0) is 0 Å². The highest BCUT2D eigenvalue weighted by molar-refractivity contribution is 5.01. The Morgan fingerprint density at radius 2 is 2.29 bits per heavy atom. The van der Waals surface area contributed by atoms with Gasteiger partial charge in [-0.3, -0.25) is 9.97 Å². The fraction of sp³-hybridized carbons (Fsp3) is 0.714. The molecule has 1 aromatic rings. The van der Waals surface area contributed by atoms with Crippen molar-refractivity contribution in [2.45, 2.75) is 58.0 Å². The fourth-order valence-electron chi connectivity index (χ4n) is 2.79. The summed E-state index contributed by atoms with van der Waals surface area (Å²) in [6, 6.07) is 0.968. The largest absolute Gasteiger partial charge is 0.306 e. The lowest BCUT2D eigenvalue weighted by Crippen LogP contribution is -2.36. The third-order valence-electron chi connectivity index (χ3n) is 3.87. The van der Waals surface area contributed by atoms with Crippen molar-refractivity contribution in [1.82, 2.24) is 15.3 Å². The summed E-state index contributed by atoms with van der Waals surface area (Å²) in [5, 5.41) is 3.70. The molecule has 3 nitrogen and oxygen atoms in total. The second-order valence-corrected chi connectivity index (χ2v) is 5.16. The predicted octanol–water partition coefficient (Wildman–Crippen LogP) is 3.10. The van der Waals surface area contributed by atoms with Gasteiger partial charge in [-0.05, 0) is 25.7 Å². The topological polar surface area (TPSA) is 37.8 Å². The van der Waals surface area contributed by atoms with Gasteiger partial charge in [0.05, 0.1) is 5.69 Å². The van der Waals surface area contributed by atoms with Crippen molar-refractivity contribution in [2.75, 3.05) is 0 Å². The van der Waals surface area contributed by atoms with Crippen LogP contribution in [0, 0.1) is 5.92 Å². The van der Waals surface area contributed by atoms with Crippen LogP contribution in [0.4, 0.5) is 0 Å². The highest BCUT2D eigenvalue weighted by Gasteiger charge is 2.22. The average Bonchev–Trinajstić information content (AvgIpc) is 2.40. The zero-order valence-electron chi connectivity index (χ0n) is 10.9. The van der Waals surface area contributed by atoms with Crippen LogP contribution in [0.25, 0.3) is 0 Å². The van der Waals surface area contributed by atoms with Crippen molar-refractivity contribution in [3.63, 3.8) is 0 Å². The molecule has 3 unspecified atom stereocenters. The third-order valence-corrected chi connectivity index (χ3v) is 3.87. The highest BCUT2D eigenvalue weighted by atomic mass is 15.0. The van der Waals surface area contributed by atoms with E-state index in [1.807, 2.05) is 6.20 Å². The van der Waals surface area contributed by atoms with E-state index >= 15 is 0 Å². The van der Waals surface area contributed by atoms with Gasteiger partial charge in [-0.1, -0.05) is 26.2 Å². The Balaban J connectivity index is 1.88. The molecule has 94 valence electrons. The van der Waals surface area contributed by atoms with E-state index in [1.165, 1.54) is 32.1 Å². The monoisotopic (exact) mass is 233 g/mol. The second-order valence-electron chi connectivity index (χ2n) is 5.16. The fourth-order valence-corrected chi connectivity index (χ4v) is 2.79. The van der Waals surface area contributed by atoms with E-state index in [9.17, 15) is 0 Å². The van der Waals surface area contributed by atoms with Crippen LogP contribution >= 0.6 is 0 Å². The van der Waals surface area contributed by atoms with E-state index in [1.54, 1.807) is 12.4 Å². The molecule has 0 radical (unpaired) electrons. The normalized spacial score (nSPS) is 26.7. The van der Waals surface area contributed by atoms with Crippen molar-refractivity contribution < 1.29 is 0 Å². The molecule has 0 amide bonds. The van der Waals surface area contributed by atoms with Gasteiger partial charge in [-0.15, -0.1) is 0 Å². The van der Waals surface area contributed by atoms with Crippen LogP contribution in [0.2, 0.25) is 0 Å². The molecule has 1 N–H and O–H groups in total. The molecule has 0 aliphatic heterocycles. The number of nitrogens with zero attached hydrogens (tertiary/aromatic N) is 2. The Labute approximate surface area is 104 Å². The molecular weight excluding hydrogens is 210 g/mol. The van der Waals surface area contributed by atoms with E-state index in [0.29, 0.717) is 12.1 Å². The van der Waals surface area contributed by atoms with Gasteiger partial charge in [0.1, 0.15) is 0 Å². The van der Waals surface area contributed by atoms with Gasteiger partial charge in [-0.25, -0.2) is 0 Å². The Hall–Kier alpha value is -0.960. The summed E-state index contributed by atoms with van der Waals surface area (Å²) in [5.41, 5.74) is 1.05. The maximum Gasteiger partial charge on any atom is 0.0753 e. The number of hydrogen-bond acceptors (Lipinski definition) is 3. The summed E-state index contributed by atoms with van der Waals surface area (Å²) in [7, 11) is 0. The van der Waals surface area contributed by atoms with Gasteiger partial charge >= 0.3 is 0 Å². The van der Waals surface area contributed by atoms with Crippen molar-refractivity contribution in [3.8, 4) is 0 Å². The minimum atomic E-state index is 0.310. The quantitative estimate of drug-likeness (QED) is 0.868. The first-order valence-corrected chi connectivity index (χ1v) is 6.81. The van der Waals surface area contributed by atoms with Crippen molar-refractivity contribution in [1.29, 1.82) is 0 Å². The van der Waals surface area contributed by atoms with Gasteiger partial charge in [-0.2, -0.15) is 0 Å². The standard InChI is InChI=1S/C14H23N3/c1-3-12-5-4-6-13(9-12)17-11(2)14-10-15-7-8-16-14/h7-8,10-13,17H,3-6,9H2,1-2H3. The zero-order valence-corrected chi connectivity index (χ0v) is 10.9. The van der Waals surface area contributed by atoms with E-state index in [4.69, 9.17) is 0 Å². The Morgan fingerprint density at radius 1 is 1.41 bits per heavy atom. The predicted molar refractivity (Wildman–Crippen MR) is 69.6 cm³/mol. The molecule has 3 heteroatoms. The molecule has 2 rings (SSSR count). The lowest BCUT2D eigenvalue weighted by molar-refractivity contribution is 0.265. The Kier molecular flexibility index (Phi) is 4.49. The van der Waals surface area contributed by atoms with E-state index in [-0.39, 0.29) is 0 Å². The maximum absolute atomic E-state index is 4.36. The lowest BCUT2D eigenvalue weighted by atomic mass is 9.84. The summed E-state index contributed by atoms with van der Waals surface area (Å²) >= 11 is 0. The van der Waals surface area contributed by atoms with Crippen LogP contribution in [0.15, 0.2) is 18.6 Å². The van der Waals surface area contributed by atoms with Gasteiger partial charge in [0.25, 0.3) is 0 Å². The zero-order chi connectivity index (χ0) is 12.1. The van der Waals surface area contributed by atoms with Crippen LogP contribution in [0.3, 0.4) is 0 Å². The molecule has 1 saturated carbocycles. The second kappa shape index (κ2) is 6.10. The van der Waals surface area contributed by atoms with Gasteiger partial charge in [0.15, 0.2) is 0 Å². The molecule has 1 heterocycles. The van der Waals surface area contributed by atoms with Crippen LogP contribution < -0.4 is 5.32 Å². The van der Waals surface area contributed by atoms with Crippen molar-refractivity contribution in [2.24, 2.45) is 5.92 Å². The highest BCUT2D eigenvalue weighted by Crippen LogP contribution is 2.27. The van der Waals surface area contributed by atoms with Gasteiger partial charge < -0.3 is 5.32 Å². The first-order valence-electron chi connectivity index (χ1n) is 6.81. The minimum absolute atomic E-state index is 0.310. The molecule has 1 aliphatic rings. The smallest absolute Gasteiger partial charge is 0.0753 e. The summed E-state index contributed by atoms with van der Waals surface area (Å²) in [5.74, 6) is 0.912. The Bertz CT molecular complexity index is 325. The van der Waals surface area contributed by atoms with Gasteiger partial charge in [0.2, 0.25) is 0 Å². The SMILES string of the molecule is CCC1CCCC(NC(C)c2cnccn2)C1. The van der Waals surface area contributed by atoms with E-state index < -0.39 is 0 Å². The summed E-state index contributed by atoms with van der Waals surface area (Å²) in [6.45, 7) is 4.48. The maximum atomic E-state index is 4.36. The molecule has 0 aromatic carbocycles. The van der Waals surface area contributed by atoms with Crippen molar-refractivity contribution >= 4 is 0 Å². The minimum Gasteiger partial charge on any atom is -0.306 e. The van der Waals surface area contributed by atoms with Gasteiger partial charge in [0, 0.05) is 30.7 Å².